The number of sulfone groups is 1. The summed E-state index contributed by atoms with van der Waals surface area (Å²) in [7, 11) is -3.19. The fourth-order valence-electron chi connectivity index (χ4n) is 1.12. The molecular weight excluding hydrogens is 216 g/mol. The zero-order chi connectivity index (χ0) is 11.1. The van der Waals surface area contributed by atoms with E-state index in [1.54, 1.807) is 24.3 Å². The van der Waals surface area contributed by atoms with Crippen molar-refractivity contribution in [3.63, 3.8) is 0 Å². The summed E-state index contributed by atoms with van der Waals surface area (Å²) in [6.07, 6.45) is 0. The van der Waals surface area contributed by atoms with Crippen molar-refractivity contribution in [3.8, 4) is 0 Å². The molecule has 0 bridgehead atoms. The van der Waals surface area contributed by atoms with Crippen LogP contribution in [-0.2, 0) is 25.1 Å². The van der Waals surface area contributed by atoms with Crippen molar-refractivity contribution in [2.45, 2.75) is 5.75 Å². The van der Waals surface area contributed by atoms with E-state index in [2.05, 4.69) is 4.74 Å². The first-order valence-corrected chi connectivity index (χ1v) is 6.26. The summed E-state index contributed by atoms with van der Waals surface area (Å²) in [4.78, 5) is 9.83. The highest BCUT2D eigenvalue weighted by atomic mass is 32.2. The van der Waals surface area contributed by atoms with Gasteiger partial charge in [-0.25, -0.2) is 8.42 Å². The molecular formula is C10H12O4S. The van der Waals surface area contributed by atoms with Crippen LogP contribution in [0.2, 0.25) is 0 Å². The lowest BCUT2D eigenvalue weighted by atomic mass is 10.2. The quantitative estimate of drug-likeness (QED) is 0.533. The van der Waals surface area contributed by atoms with Crippen LogP contribution in [0.15, 0.2) is 30.3 Å². The summed E-state index contributed by atoms with van der Waals surface area (Å²) < 4.78 is 27.3. The average Bonchev–Trinajstić information content (AvgIpc) is 2.18. The maximum atomic E-state index is 11.5. The molecule has 0 aliphatic rings. The first kappa shape index (κ1) is 11.7. The smallest absolute Gasteiger partial charge is 0.293 e. The van der Waals surface area contributed by atoms with Crippen molar-refractivity contribution < 1.29 is 17.9 Å². The van der Waals surface area contributed by atoms with E-state index in [0.29, 0.717) is 0 Å². The molecule has 1 aromatic carbocycles. The van der Waals surface area contributed by atoms with Crippen LogP contribution in [-0.4, -0.2) is 27.2 Å². The number of hydrogen-bond donors (Lipinski definition) is 0. The Labute approximate surface area is 88.8 Å². The molecule has 0 radical (unpaired) electrons. The minimum Gasteiger partial charge on any atom is -0.467 e. The van der Waals surface area contributed by atoms with E-state index in [0.717, 1.165) is 5.56 Å². The standard InChI is InChI=1S/C10H12O4S/c11-9-14-6-7-15(12,13)8-10-4-2-1-3-5-10/h1-5,9H,6-8H2. The summed E-state index contributed by atoms with van der Waals surface area (Å²) in [5.74, 6) is -0.156. The SMILES string of the molecule is O=COCCS(=O)(=O)Cc1ccccc1. The molecule has 0 spiro atoms. The monoisotopic (exact) mass is 228 g/mol. The fourth-order valence-corrected chi connectivity index (χ4v) is 2.32. The van der Waals surface area contributed by atoms with Crippen molar-refractivity contribution >= 4 is 16.3 Å². The zero-order valence-electron chi connectivity index (χ0n) is 8.13. The molecule has 82 valence electrons. The Bertz CT molecular complexity index is 397. The Balaban J connectivity index is 2.53. The Kier molecular flexibility index (Phi) is 4.30. The third-order valence-corrected chi connectivity index (χ3v) is 3.37. The van der Waals surface area contributed by atoms with Crippen LogP contribution >= 0.6 is 0 Å². The molecule has 0 aliphatic carbocycles. The highest BCUT2D eigenvalue weighted by molar-refractivity contribution is 7.90. The Morgan fingerprint density at radius 2 is 1.87 bits per heavy atom. The van der Waals surface area contributed by atoms with Gasteiger partial charge in [-0.2, -0.15) is 0 Å². The molecule has 0 fully saturated rings. The van der Waals surface area contributed by atoms with Gasteiger partial charge in [-0.05, 0) is 5.56 Å². The second-order valence-electron chi connectivity index (χ2n) is 3.04. The van der Waals surface area contributed by atoms with Crippen LogP contribution < -0.4 is 0 Å². The van der Waals surface area contributed by atoms with Gasteiger partial charge in [-0.1, -0.05) is 30.3 Å². The van der Waals surface area contributed by atoms with Crippen LogP contribution in [0.5, 0.6) is 0 Å². The van der Waals surface area contributed by atoms with Crippen molar-refractivity contribution in [3.05, 3.63) is 35.9 Å². The first-order chi connectivity index (χ1) is 7.14. The molecule has 15 heavy (non-hydrogen) atoms. The third-order valence-electron chi connectivity index (χ3n) is 1.81. The molecule has 0 amide bonds. The molecule has 0 aliphatic heterocycles. The van der Waals surface area contributed by atoms with E-state index in [1.807, 2.05) is 6.07 Å². The molecule has 1 aromatic rings. The molecule has 0 saturated heterocycles. The molecule has 0 N–H and O–H groups in total. The van der Waals surface area contributed by atoms with Gasteiger partial charge < -0.3 is 4.74 Å². The molecule has 5 heteroatoms. The van der Waals surface area contributed by atoms with Gasteiger partial charge in [0.1, 0.15) is 6.61 Å². The highest BCUT2D eigenvalue weighted by Crippen LogP contribution is 2.05. The minimum absolute atomic E-state index is 0.0178. The zero-order valence-corrected chi connectivity index (χ0v) is 8.94. The molecule has 0 saturated carbocycles. The number of hydrogen-bond acceptors (Lipinski definition) is 4. The van der Waals surface area contributed by atoms with E-state index in [1.165, 1.54) is 0 Å². The number of rotatable bonds is 6. The van der Waals surface area contributed by atoms with Gasteiger partial charge in [0.15, 0.2) is 9.84 Å². The van der Waals surface area contributed by atoms with E-state index < -0.39 is 9.84 Å². The van der Waals surface area contributed by atoms with Crippen LogP contribution in [0.4, 0.5) is 0 Å². The second kappa shape index (κ2) is 5.50. The first-order valence-electron chi connectivity index (χ1n) is 4.44. The van der Waals surface area contributed by atoms with Gasteiger partial charge in [0.2, 0.25) is 0 Å². The molecule has 0 heterocycles. The molecule has 0 aromatic heterocycles. The summed E-state index contributed by atoms with van der Waals surface area (Å²) in [5.41, 5.74) is 0.739. The van der Waals surface area contributed by atoms with Gasteiger partial charge in [0, 0.05) is 0 Å². The molecule has 1 rings (SSSR count). The number of carbonyl (C=O) groups is 1. The maximum absolute atomic E-state index is 11.5. The lowest BCUT2D eigenvalue weighted by molar-refractivity contribution is -0.128. The van der Waals surface area contributed by atoms with Crippen molar-refractivity contribution in [1.29, 1.82) is 0 Å². The summed E-state index contributed by atoms with van der Waals surface area (Å²) in [6.45, 7) is 0.163. The lowest BCUT2D eigenvalue weighted by Crippen LogP contribution is -2.13. The summed E-state index contributed by atoms with van der Waals surface area (Å²) in [5, 5.41) is 0. The van der Waals surface area contributed by atoms with Crippen LogP contribution in [0.3, 0.4) is 0 Å². The fraction of sp³-hybridized carbons (Fsp3) is 0.300. The van der Waals surface area contributed by atoms with Gasteiger partial charge in [0.05, 0.1) is 11.5 Å². The largest absolute Gasteiger partial charge is 0.467 e. The Morgan fingerprint density at radius 3 is 2.47 bits per heavy atom. The number of ether oxygens (including phenoxy) is 1. The third kappa shape index (κ3) is 4.60. The van der Waals surface area contributed by atoms with E-state index in [9.17, 15) is 13.2 Å². The van der Waals surface area contributed by atoms with Crippen LogP contribution in [0.1, 0.15) is 5.56 Å². The normalized spacial score (nSPS) is 10.9. The predicted octanol–water partition coefficient (Wildman–Crippen LogP) is 0.774. The van der Waals surface area contributed by atoms with Gasteiger partial charge >= 0.3 is 0 Å². The number of benzene rings is 1. The van der Waals surface area contributed by atoms with Gasteiger partial charge in [-0.3, -0.25) is 4.79 Å². The van der Waals surface area contributed by atoms with Gasteiger partial charge in [-0.15, -0.1) is 0 Å². The maximum Gasteiger partial charge on any atom is 0.293 e. The number of carbonyl (C=O) groups excluding carboxylic acids is 1. The van der Waals surface area contributed by atoms with Gasteiger partial charge in [0.25, 0.3) is 6.47 Å². The minimum atomic E-state index is -3.19. The van der Waals surface area contributed by atoms with Crippen molar-refractivity contribution in [1.82, 2.24) is 0 Å². The molecule has 0 unspecified atom stereocenters. The average molecular weight is 228 g/mol. The Hall–Kier alpha value is -1.36. The Morgan fingerprint density at radius 1 is 1.20 bits per heavy atom. The summed E-state index contributed by atoms with van der Waals surface area (Å²) >= 11 is 0. The van der Waals surface area contributed by atoms with Crippen molar-refractivity contribution in [2.75, 3.05) is 12.4 Å². The van der Waals surface area contributed by atoms with E-state index in [4.69, 9.17) is 0 Å². The van der Waals surface area contributed by atoms with E-state index >= 15 is 0 Å². The highest BCUT2D eigenvalue weighted by Gasteiger charge is 2.11. The summed E-state index contributed by atoms with van der Waals surface area (Å²) in [6, 6.07) is 8.89. The predicted molar refractivity (Wildman–Crippen MR) is 55.9 cm³/mol. The molecule has 0 atom stereocenters. The lowest BCUT2D eigenvalue weighted by Gasteiger charge is -2.03. The molecule has 4 nitrogen and oxygen atoms in total. The second-order valence-corrected chi connectivity index (χ2v) is 5.23. The van der Waals surface area contributed by atoms with Crippen LogP contribution in [0, 0.1) is 0 Å². The van der Waals surface area contributed by atoms with Crippen molar-refractivity contribution in [2.24, 2.45) is 0 Å². The van der Waals surface area contributed by atoms with E-state index in [-0.39, 0.29) is 24.6 Å². The van der Waals surface area contributed by atoms with Crippen LogP contribution in [0.25, 0.3) is 0 Å². The topological polar surface area (TPSA) is 60.4 Å².